The van der Waals surface area contributed by atoms with Gasteiger partial charge in [0.25, 0.3) is 6.43 Å². The number of nitrogens with zero attached hydrogens (tertiary/aromatic N) is 2. The molecule has 14 heavy (non-hydrogen) atoms. The van der Waals surface area contributed by atoms with Crippen molar-refractivity contribution in [3.63, 3.8) is 0 Å². The van der Waals surface area contributed by atoms with E-state index in [1.807, 2.05) is 0 Å². The molecule has 0 fully saturated rings. The third-order valence-electron chi connectivity index (χ3n) is 1.33. The molecule has 1 heterocycles. The largest absolute Gasteiger partial charge is 0.467 e. The fourth-order valence-corrected chi connectivity index (χ4v) is 0.905. The molecule has 1 N–H and O–H groups in total. The molecule has 0 spiro atoms. The minimum atomic E-state index is -2.47. The minimum absolute atomic E-state index is 0.0752. The van der Waals surface area contributed by atoms with Crippen LogP contribution >= 0.6 is 11.6 Å². The Morgan fingerprint density at radius 2 is 2.36 bits per heavy atom. The molecular formula is C7H8ClF2N3O. The van der Waals surface area contributed by atoms with E-state index in [0.717, 1.165) is 0 Å². The van der Waals surface area contributed by atoms with Crippen molar-refractivity contribution in [3.05, 3.63) is 11.2 Å². The van der Waals surface area contributed by atoms with E-state index in [2.05, 4.69) is 15.3 Å². The Bertz CT molecular complexity index is 311. The topological polar surface area (TPSA) is 47.0 Å². The van der Waals surface area contributed by atoms with E-state index < -0.39 is 13.0 Å². The zero-order chi connectivity index (χ0) is 10.6. The average Bonchev–Trinajstić information content (AvgIpc) is 2.16. The number of anilines is 1. The smallest absolute Gasteiger partial charge is 0.318 e. The zero-order valence-electron chi connectivity index (χ0n) is 7.30. The van der Waals surface area contributed by atoms with Crippen LogP contribution in [0.1, 0.15) is 0 Å². The molecule has 0 aliphatic heterocycles. The Balaban J connectivity index is 2.73. The van der Waals surface area contributed by atoms with Crippen LogP contribution in [0.2, 0.25) is 5.02 Å². The van der Waals surface area contributed by atoms with Crippen LogP contribution in [0, 0.1) is 0 Å². The van der Waals surface area contributed by atoms with Crippen LogP contribution in [0.5, 0.6) is 6.01 Å². The molecule has 0 unspecified atom stereocenters. The molecule has 78 valence electrons. The van der Waals surface area contributed by atoms with Gasteiger partial charge in [0.15, 0.2) is 5.82 Å². The molecule has 1 aromatic heterocycles. The van der Waals surface area contributed by atoms with Crippen LogP contribution in [0.3, 0.4) is 0 Å². The first-order valence-electron chi connectivity index (χ1n) is 3.72. The quantitative estimate of drug-likeness (QED) is 0.846. The van der Waals surface area contributed by atoms with Crippen molar-refractivity contribution < 1.29 is 13.5 Å². The van der Waals surface area contributed by atoms with E-state index in [4.69, 9.17) is 16.3 Å². The molecule has 7 heteroatoms. The van der Waals surface area contributed by atoms with E-state index in [0.29, 0.717) is 0 Å². The highest BCUT2D eigenvalue weighted by Crippen LogP contribution is 2.19. The van der Waals surface area contributed by atoms with Crippen LogP contribution in [-0.4, -0.2) is 30.0 Å². The molecule has 0 aliphatic rings. The highest BCUT2D eigenvalue weighted by molar-refractivity contribution is 6.32. The van der Waals surface area contributed by atoms with Gasteiger partial charge in [0, 0.05) is 0 Å². The Morgan fingerprint density at radius 3 is 2.93 bits per heavy atom. The molecule has 4 nitrogen and oxygen atoms in total. The summed E-state index contributed by atoms with van der Waals surface area (Å²) >= 11 is 5.65. The number of halogens is 3. The van der Waals surface area contributed by atoms with Gasteiger partial charge in [-0.3, -0.25) is 0 Å². The first-order valence-corrected chi connectivity index (χ1v) is 4.10. The molecule has 0 radical (unpaired) electrons. The molecule has 0 amide bonds. The van der Waals surface area contributed by atoms with Crippen LogP contribution in [0.4, 0.5) is 14.6 Å². The fourth-order valence-electron chi connectivity index (χ4n) is 0.747. The monoisotopic (exact) mass is 223 g/mol. The van der Waals surface area contributed by atoms with Gasteiger partial charge in [-0.05, 0) is 0 Å². The summed E-state index contributed by atoms with van der Waals surface area (Å²) in [6.07, 6.45) is -1.19. The van der Waals surface area contributed by atoms with Gasteiger partial charge in [0.2, 0.25) is 0 Å². The number of alkyl halides is 2. The van der Waals surface area contributed by atoms with E-state index >= 15 is 0 Å². The van der Waals surface area contributed by atoms with Crippen molar-refractivity contribution in [2.45, 2.75) is 6.43 Å². The van der Waals surface area contributed by atoms with Crippen molar-refractivity contribution in [3.8, 4) is 6.01 Å². The second-order valence-electron chi connectivity index (χ2n) is 2.33. The van der Waals surface area contributed by atoms with E-state index in [1.54, 1.807) is 0 Å². The summed E-state index contributed by atoms with van der Waals surface area (Å²) in [5.41, 5.74) is 0. The highest BCUT2D eigenvalue weighted by Gasteiger charge is 2.07. The number of aromatic nitrogens is 2. The molecule has 0 aromatic carbocycles. The lowest BCUT2D eigenvalue weighted by Gasteiger charge is -2.06. The standard InChI is InChI=1S/C7H8ClF2N3O/c1-14-7-12-2-4(8)6(13-7)11-3-5(9)10/h2,5H,3H2,1H3,(H,11,12,13). The summed E-state index contributed by atoms with van der Waals surface area (Å²) < 4.78 is 28.4. The number of methoxy groups -OCH3 is 1. The first-order chi connectivity index (χ1) is 6.63. The van der Waals surface area contributed by atoms with E-state index in [9.17, 15) is 8.78 Å². The van der Waals surface area contributed by atoms with E-state index in [1.165, 1.54) is 13.3 Å². The van der Waals surface area contributed by atoms with Gasteiger partial charge in [-0.25, -0.2) is 13.8 Å². The molecule has 0 atom stereocenters. The van der Waals surface area contributed by atoms with E-state index in [-0.39, 0.29) is 16.9 Å². The lowest BCUT2D eigenvalue weighted by Crippen LogP contribution is -2.12. The van der Waals surface area contributed by atoms with Crippen LogP contribution in [0.25, 0.3) is 0 Å². The first kappa shape index (κ1) is 10.9. The predicted molar refractivity (Wildman–Crippen MR) is 48.1 cm³/mol. The van der Waals surface area contributed by atoms with Gasteiger partial charge in [0.05, 0.1) is 19.9 Å². The highest BCUT2D eigenvalue weighted by atomic mass is 35.5. The third kappa shape index (κ3) is 2.95. The molecule has 0 bridgehead atoms. The maximum Gasteiger partial charge on any atom is 0.318 e. The normalized spacial score (nSPS) is 10.4. The summed E-state index contributed by atoms with van der Waals surface area (Å²) in [7, 11) is 1.38. The Hall–Kier alpha value is -1.17. The lowest BCUT2D eigenvalue weighted by molar-refractivity contribution is 0.163. The Kier molecular flexibility index (Phi) is 3.82. The third-order valence-corrected chi connectivity index (χ3v) is 1.60. The van der Waals surface area contributed by atoms with Gasteiger partial charge in [-0.15, -0.1) is 0 Å². The fraction of sp³-hybridized carbons (Fsp3) is 0.429. The molecular weight excluding hydrogens is 216 g/mol. The summed E-state index contributed by atoms with van der Waals surface area (Å²) in [4.78, 5) is 7.44. The zero-order valence-corrected chi connectivity index (χ0v) is 8.05. The number of rotatable bonds is 4. The number of hydrogen-bond donors (Lipinski definition) is 1. The van der Waals surface area contributed by atoms with Crippen molar-refractivity contribution in [1.29, 1.82) is 0 Å². The summed E-state index contributed by atoms with van der Waals surface area (Å²) in [6.45, 7) is -0.514. The predicted octanol–water partition coefficient (Wildman–Crippen LogP) is 1.82. The number of hydrogen-bond acceptors (Lipinski definition) is 4. The second kappa shape index (κ2) is 4.90. The average molecular weight is 224 g/mol. The van der Waals surface area contributed by atoms with Crippen molar-refractivity contribution in [1.82, 2.24) is 9.97 Å². The second-order valence-corrected chi connectivity index (χ2v) is 2.73. The number of nitrogens with one attached hydrogen (secondary N) is 1. The minimum Gasteiger partial charge on any atom is -0.467 e. The Morgan fingerprint density at radius 1 is 1.64 bits per heavy atom. The SMILES string of the molecule is COc1ncc(Cl)c(NCC(F)F)n1. The maximum atomic E-state index is 11.9. The summed E-state index contributed by atoms with van der Waals surface area (Å²) in [5, 5.41) is 2.55. The van der Waals surface area contributed by atoms with Crippen molar-refractivity contribution in [2.24, 2.45) is 0 Å². The molecule has 1 aromatic rings. The summed E-state index contributed by atoms with van der Waals surface area (Å²) in [5.74, 6) is 0.138. The van der Waals surface area contributed by atoms with Gasteiger partial charge in [0.1, 0.15) is 5.02 Å². The van der Waals surface area contributed by atoms with Crippen LogP contribution in [-0.2, 0) is 0 Å². The van der Waals surface area contributed by atoms with Crippen molar-refractivity contribution >= 4 is 17.4 Å². The Labute approximate surface area is 84.3 Å². The number of ether oxygens (including phenoxy) is 1. The van der Waals surface area contributed by atoms with Gasteiger partial charge in [-0.1, -0.05) is 11.6 Å². The van der Waals surface area contributed by atoms with Gasteiger partial charge >= 0.3 is 6.01 Å². The van der Waals surface area contributed by atoms with Crippen molar-refractivity contribution in [2.75, 3.05) is 19.0 Å². The lowest BCUT2D eigenvalue weighted by atomic mass is 10.5. The van der Waals surface area contributed by atoms with Crippen LogP contribution < -0.4 is 10.1 Å². The molecule has 1 rings (SSSR count). The van der Waals surface area contributed by atoms with Crippen LogP contribution in [0.15, 0.2) is 6.20 Å². The summed E-state index contributed by atoms with van der Waals surface area (Å²) in [6, 6.07) is 0.0752. The molecule has 0 saturated heterocycles. The molecule has 0 aliphatic carbocycles. The van der Waals surface area contributed by atoms with Gasteiger partial charge < -0.3 is 10.1 Å². The van der Waals surface area contributed by atoms with Gasteiger partial charge in [-0.2, -0.15) is 4.98 Å². The molecule has 0 saturated carbocycles. The maximum absolute atomic E-state index is 11.9.